The van der Waals surface area contributed by atoms with Crippen molar-refractivity contribution < 1.29 is 4.74 Å². The molecule has 0 aliphatic carbocycles. The van der Waals surface area contributed by atoms with Gasteiger partial charge in [-0.25, -0.2) is 15.0 Å². The summed E-state index contributed by atoms with van der Waals surface area (Å²) < 4.78 is 5.21. The number of nitrogens with zero attached hydrogens (tertiary/aromatic N) is 5. The van der Waals surface area contributed by atoms with Crippen LogP contribution in [0.3, 0.4) is 0 Å². The first-order valence-corrected chi connectivity index (χ1v) is 8.97. The molecule has 7 heteroatoms. The van der Waals surface area contributed by atoms with Crippen LogP contribution in [0.15, 0.2) is 42.9 Å². The first-order valence-electron chi connectivity index (χ1n) is 8.59. The molecule has 1 fully saturated rings. The van der Waals surface area contributed by atoms with E-state index in [2.05, 4.69) is 24.8 Å². The van der Waals surface area contributed by atoms with Crippen LogP contribution in [0.25, 0.3) is 10.9 Å². The molecule has 1 aliphatic rings. The van der Waals surface area contributed by atoms with Gasteiger partial charge in [0.1, 0.15) is 12.1 Å². The fourth-order valence-electron chi connectivity index (χ4n) is 3.30. The van der Waals surface area contributed by atoms with Crippen molar-refractivity contribution in [3.63, 3.8) is 0 Å². The molecule has 26 heavy (non-hydrogen) atoms. The molecule has 3 heterocycles. The Hall–Kier alpha value is -2.44. The Labute approximate surface area is 157 Å². The zero-order valence-corrected chi connectivity index (χ0v) is 15.4. The molecule has 0 N–H and O–H groups in total. The molecule has 0 atom stereocenters. The van der Waals surface area contributed by atoms with E-state index < -0.39 is 0 Å². The largest absolute Gasteiger partial charge is 0.481 e. The molecule has 0 bridgehead atoms. The number of benzene rings is 1. The fraction of sp³-hybridized carbons (Fsp3) is 0.316. The zero-order valence-electron chi connectivity index (χ0n) is 14.6. The van der Waals surface area contributed by atoms with E-state index >= 15 is 0 Å². The lowest BCUT2D eigenvalue weighted by Gasteiger charge is -2.35. The zero-order chi connectivity index (χ0) is 17.9. The third-order valence-corrected chi connectivity index (χ3v) is 4.90. The minimum absolute atomic E-state index is 0.658. The van der Waals surface area contributed by atoms with E-state index in [1.807, 2.05) is 30.3 Å². The lowest BCUT2D eigenvalue weighted by molar-refractivity contribution is 0.249. The molecule has 0 radical (unpaired) electrons. The summed E-state index contributed by atoms with van der Waals surface area (Å²) in [5, 5.41) is 1.71. The average Bonchev–Trinajstić information content (AvgIpc) is 2.68. The normalized spacial score (nSPS) is 15.4. The van der Waals surface area contributed by atoms with Gasteiger partial charge in [-0.3, -0.25) is 4.90 Å². The van der Waals surface area contributed by atoms with Gasteiger partial charge in [0, 0.05) is 55.4 Å². The highest BCUT2D eigenvalue weighted by atomic mass is 35.5. The first-order chi connectivity index (χ1) is 12.7. The number of anilines is 1. The van der Waals surface area contributed by atoms with E-state index in [1.54, 1.807) is 19.6 Å². The summed E-state index contributed by atoms with van der Waals surface area (Å²) in [4.78, 5) is 17.8. The maximum absolute atomic E-state index is 6.17. The Morgan fingerprint density at radius 3 is 2.69 bits per heavy atom. The van der Waals surface area contributed by atoms with Crippen molar-refractivity contribution in [2.45, 2.75) is 6.54 Å². The van der Waals surface area contributed by atoms with Crippen molar-refractivity contribution in [3.8, 4) is 5.88 Å². The molecule has 6 nitrogen and oxygen atoms in total. The maximum atomic E-state index is 6.17. The predicted molar refractivity (Wildman–Crippen MR) is 103 cm³/mol. The first kappa shape index (κ1) is 17.0. The molecule has 0 unspecified atom stereocenters. The van der Waals surface area contributed by atoms with Gasteiger partial charge in [0.15, 0.2) is 0 Å². The summed E-state index contributed by atoms with van der Waals surface area (Å²) in [5.41, 5.74) is 2.13. The molecule has 0 saturated carbocycles. The van der Waals surface area contributed by atoms with Crippen LogP contribution < -0.4 is 9.64 Å². The molecular weight excluding hydrogens is 350 g/mol. The second kappa shape index (κ2) is 7.43. The van der Waals surface area contributed by atoms with E-state index in [1.165, 1.54) is 5.56 Å². The molecule has 0 spiro atoms. The third-order valence-electron chi connectivity index (χ3n) is 4.66. The molecular formula is C19H20ClN5O. The van der Waals surface area contributed by atoms with Gasteiger partial charge < -0.3 is 9.64 Å². The number of fused-ring (bicyclic) bond motifs is 1. The molecule has 1 aliphatic heterocycles. The highest BCUT2D eigenvalue weighted by molar-refractivity contribution is 6.31. The summed E-state index contributed by atoms with van der Waals surface area (Å²) in [7, 11) is 1.64. The summed E-state index contributed by atoms with van der Waals surface area (Å²) in [5.74, 6) is 1.62. The van der Waals surface area contributed by atoms with Gasteiger partial charge in [0.2, 0.25) is 5.88 Å². The highest BCUT2D eigenvalue weighted by Gasteiger charge is 2.20. The SMILES string of the molecule is COc1cc(CN2CCN(c3ncnc4ccc(Cl)cc34)CC2)ccn1. The van der Waals surface area contributed by atoms with E-state index in [0.29, 0.717) is 10.9 Å². The number of ether oxygens (including phenoxy) is 1. The van der Waals surface area contributed by atoms with Crippen molar-refractivity contribution in [1.29, 1.82) is 0 Å². The van der Waals surface area contributed by atoms with Crippen LogP contribution in [0.4, 0.5) is 5.82 Å². The minimum atomic E-state index is 0.658. The Morgan fingerprint density at radius 1 is 1.04 bits per heavy atom. The average molecular weight is 370 g/mol. The van der Waals surface area contributed by atoms with Crippen LogP contribution in [0.5, 0.6) is 5.88 Å². The number of aromatic nitrogens is 3. The Bertz CT molecular complexity index is 911. The van der Waals surface area contributed by atoms with E-state index in [9.17, 15) is 0 Å². The number of piperazine rings is 1. The van der Waals surface area contributed by atoms with Gasteiger partial charge in [-0.05, 0) is 29.8 Å². The molecule has 4 rings (SSSR count). The minimum Gasteiger partial charge on any atom is -0.481 e. The van der Waals surface area contributed by atoms with E-state index in [0.717, 1.165) is 49.4 Å². The standard InChI is InChI=1S/C19H20ClN5O/c1-26-18-10-14(4-5-21-18)12-24-6-8-25(9-7-24)19-16-11-15(20)2-3-17(16)22-13-23-19/h2-5,10-11,13H,6-9,12H2,1H3. The molecule has 1 aromatic carbocycles. The van der Waals surface area contributed by atoms with Crippen molar-refractivity contribution in [3.05, 3.63) is 53.4 Å². The number of hydrogen-bond donors (Lipinski definition) is 0. The number of hydrogen-bond acceptors (Lipinski definition) is 6. The lowest BCUT2D eigenvalue weighted by Crippen LogP contribution is -2.46. The summed E-state index contributed by atoms with van der Waals surface area (Å²) in [6.07, 6.45) is 3.42. The third kappa shape index (κ3) is 3.57. The van der Waals surface area contributed by atoms with Crippen LogP contribution in [-0.4, -0.2) is 53.1 Å². The van der Waals surface area contributed by atoms with Gasteiger partial charge in [-0.1, -0.05) is 11.6 Å². The van der Waals surface area contributed by atoms with Gasteiger partial charge in [-0.2, -0.15) is 0 Å². The molecule has 2 aromatic heterocycles. The van der Waals surface area contributed by atoms with Crippen molar-refractivity contribution in [1.82, 2.24) is 19.9 Å². The number of rotatable bonds is 4. The van der Waals surface area contributed by atoms with Crippen LogP contribution in [0, 0.1) is 0 Å². The van der Waals surface area contributed by atoms with Crippen LogP contribution in [0.2, 0.25) is 5.02 Å². The maximum Gasteiger partial charge on any atom is 0.213 e. The van der Waals surface area contributed by atoms with Gasteiger partial charge in [0.25, 0.3) is 0 Å². The Kier molecular flexibility index (Phi) is 4.86. The summed E-state index contributed by atoms with van der Waals surface area (Å²) in [6, 6.07) is 9.78. The van der Waals surface area contributed by atoms with Crippen LogP contribution in [-0.2, 0) is 6.54 Å². The smallest absolute Gasteiger partial charge is 0.213 e. The Morgan fingerprint density at radius 2 is 1.88 bits per heavy atom. The molecule has 134 valence electrons. The van der Waals surface area contributed by atoms with Crippen molar-refractivity contribution in [2.75, 3.05) is 38.2 Å². The topological polar surface area (TPSA) is 54.4 Å². The second-order valence-electron chi connectivity index (χ2n) is 6.33. The lowest BCUT2D eigenvalue weighted by atomic mass is 10.2. The molecule has 3 aromatic rings. The molecule has 1 saturated heterocycles. The van der Waals surface area contributed by atoms with Gasteiger partial charge in [-0.15, -0.1) is 0 Å². The second-order valence-corrected chi connectivity index (χ2v) is 6.76. The summed E-state index contributed by atoms with van der Waals surface area (Å²) in [6.45, 7) is 4.66. The van der Waals surface area contributed by atoms with E-state index in [-0.39, 0.29) is 0 Å². The van der Waals surface area contributed by atoms with E-state index in [4.69, 9.17) is 16.3 Å². The van der Waals surface area contributed by atoms with Gasteiger partial charge >= 0.3 is 0 Å². The highest BCUT2D eigenvalue weighted by Crippen LogP contribution is 2.26. The Balaban J connectivity index is 1.46. The molecule has 0 amide bonds. The predicted octanol–water partition coefficient (Wildman–Crippen LogP) is 3.01. The monoisotopic (exact) mass is 369 g/mol. The summed E-state index contributed by atoms with van der Waals surface area (Å²) >= 11 is 6.17. The van der Waals surface area contributed by atoms with Crippen LogP contribution in [0.1, 0.15) is 5.56 Å². The number of halogens is 1. The number of pyridine rings is 1. The number of methoxy groups -OCH3 is 1. The quantitative estimate of drug-likeness (QED) is 0.704. The van der Waals surface area contributed by atoms with Crippen molar-refractivity contribution in [2.24, 2.45) is 0 Å². The van der Waals surface area contributed by atoms with Crippen molar-refractivity contribution >= 4 is 28.3 Å². The fourth-order valence-corrected chi connectivity index (χ4v) is 3.48. The van der Waals surface area contributed by atoms with Gasteiger partial charge in [0.05, 0.1) is 12.6 Å². The van der Waals surface area contributed by atoms with Crippen LogP contribution >= 0.6 is 11.6 Å².